The first kappa shape index (κ1) is 13.2. The molecular weight excluding hydrogens is 240 g/mol. The number of nitrogens with one attached hydrogen (secondary N) is 2. The van der Waals surface area contributed by atoms with Crippen molar-refractivity contribution in [3.05, 3.63) is 22.7 Å². The average Bonchev–Trinajstić information content (AvgIpc) is 2.35. The molecule has 0 bridgehead atoms. The van der Waals surface area contributed by atoms with Gasteiger partial charge in [-0.2, -0.15) is 0 Å². The van der Waals surface area contributed by atoms with Gasteiger partial charge in [0.2, 0.25) is 0 Å². The van der Waals surface area contributed by atoms with Gasteiger partial charge in [-0.25, -0.2) is 0 Å². The van der Waals surface area contributed by atoms with Crippen molar-refractivity contribution in [2.45, 2.75) is 0 Å². The zero-order valence-electron chi connectivity index (χ0n) is 9.63. The van der Waals surface area contributed by atoms with Gasteiger partial charge in [-0.15, -0.1) is 6.42 Å². The maximum absolute atomic E-state index is 11.5. The van der Waals surface area contributed by atoms with Gasteiger partial charge < -0.3 is 15.4 Å². The first-order valence-corrected chi connectivity index (χ1v) is 5.28. The molecule has 1 aromatic rings. The van der Waals surface area contributed by atoms with E-state index in [0.29, 0.717) is 28.6 Å². The van der Waals surface area contributed by atoms with Crippen molar-refractivity contribution in [2.24, 2.45) is 0 Å². The van der Waals surface area contributed by atoms with Gasteiger partial charge >= 0.3 is 0 Å². The molecule has 0 radical (unpaired) electrons. The van der Waals surface area contributed by atoms with E-state index in [9.17, 15) is 4.79 Å². The topological polar surface area (TPSA) is 50.4 Å². The summed E-state index contributed by atoms with van der Waals surface area (Å²) in [5.41, 5.74) is 1.01. The molecule has 90 valence electrons. The van der Waals surface area contributed by atoms with Crippen LogP contribution in [0.2, 0.25) is 5.02 Å². The van der Waals surface area contributed by atoms with E-state index in [2.05, 4.69) is 16.6 Å². The molecule has 0 aliphatic carbocycles. The zero-order valence-corrected chi connectivity index (χ0v) is 10.4. The lowest BCUT2D eigenvalue weighted by molar-refractivity contribution is 0.0963. The van der Waals surface area contributed by atoms with E-state index in [1.54, 1.807) is 12.1 Å². The molecule has 0 aliphatic rings. The number of carbonyl (C=O) groups excluding carboxylic acids is 1. The molecule has 1 rings (SSSR count). The number of carbonyl (C=O) groups is 1. The molecule has 0 saturated carbocycles. The minimum Gasteiger partial charge on any atom is -0.495 e. The maximum atomic E-state index is 11.5. The predicted octanol–water partition coefficient (Wildman–Crippen LogP) is 1.75. The van der Waals surface area contributed by atoms with Crippen LogP contribution in [0.4, 0.5) is 5.69 Å². The van der Waals surface area contributed by atoms with Gasteiger partial charge in [0, 0.05) is 7.05 Å². The van der Waals surface area contributed by atoms with Crippen LogP contribution in [0.1, 0.15) is 10.4 Å². The van der Waals surface area contributed by atoms with Crippen molar-refractivity contribution in [1.82, 2.24) is 5.32 Å². The third-order valence-corrected chi connectivity index (χ3v) is 2.45. The van der Waals surface area contributed by atoms with Crippen LogP contribution in [0.15, 0.2) is 12.1 Å². The second-order valence-electron chi connectivity index (χ2n) is 3.17. The van der Waals surface area contributed by atoms with Crippen LogP contribution in [-0.2, 0) is 0 Å². The molecule has 0 aromatic heterocycles. The van der Waals surface area contributed by atoms with Gasteiger partial charge in [0.15, 0.2) is 0 Å². The fourth-order valence-corrected chi connectivity index (χ4v) is 1.56. The summed E-state index contributed by atoms with van der Waals surface area (Å²) in [5.74, 6) is 2.70. The van der Waals surface area contributed by atoms with Crippen molar-refractivity contribution in [3.63, 3.8) is 0 Å². The van der Waals surface area contributed by atoms with E-state index in [1.807, 2.05) is 0 Å². The molecule has 0 unspecified atom stereocenters. The number of rotatable bonds is 4. The van der Waals surface area contributed by atoms with Crippen LogP contribution in [0, 0.1) is 12.3 Å². The smallest absolute Gasteiger partial charge is 0.252 e. The van der Waals surface area contributed by atoms with Crippen molar-refractivity contribution in [3.8, 4) is 18.1 Å². The van der Waals surface area contributed by atoms with Crippen molar-refractivity contribution in [2.75, 3.05) is 26.0 Å². The van der Waals surface area contributed by atoms with E-state index in [-0.39, 0.29) is 5.91 Å². The van der Waals surface area contributed by atoms with Gasteiger partial charge in [-0.3, -0.25) is 4.79 Å². The Labute approximate surface area is 105 Å². The van der Waals surface area contributed by atoms with Gasteiger partial charge in [0.05, 0.1) is 29.9 Å². The van der Waals surface area contributed by atoms with Crippen molar-refractivity contribution < 1.29 is 9.53 Å². The molecule has 0 aliphatic heterocycles. The monoisotopic (exact) mass is 252 g/mol. The average molecular weight is 253 g/mol. The number of methoxy groups -OCH3 is 1. The van der Waals surface area contributed by atoms with E-state index < -0.39 is 0 Å². The van der Waals surface area contributed by atoms with E-state index >= 15 is 0 Å². The largest absolute Gasteiger partial charge is 0.495 e. The molecule has 17 heavy (non-hydrogen) atoms. The first-order chi connectivity index (χ1) is 8.13. The molecule has 5 heteroatoms. The molecule has 0 fully saturated rings. The summed E-state index contributed by atoms with van der Waals surface area (Å²) in [7, 11) is 3.05. The highest BCUT2D eigenvalue weighted by Crippen LogP contribution is 2.31. The Kier molecular flexibility index (Phi) is 4.68. The van der Waals surface area contributed by atoms with Crippen LogP contribution in [0.5, 0.6) is 5.75 Å². The van der Waals surface area contributed by atoms with Crippen molar-refractivity contribution >= 4 is 23.2 Å². The summed E-state index contributed by atoms with van der Waals surface area (Å²) in [5, 5.41) is 5.80. The Morgan fingerprint density at radius 3 is 2.82 bits per heavy atom. The van der Waals surface area contributed by atoms with Crippen LogP contribution in [0.25, 0.3) is 0 Å². The SMILES string of the molecule is C#CCNc1cc(Cl)c(C(=O)NC)cc1OC. The molecule has 0 heterocycles. The van der Waals surface area contributed by atoms with Crippen LogP contribution in [0.3, 0.4) is 0 Å². The standard InChI is InChI=1S/C12H13ClN2O2/c1-4-5-15-10-7-9(13)8(12(16)14-2)6-11(10)17-3/h1,6-7,15H,5H2,2-3H3,(H,14,16). The van der Waals surface area contributed by atoms with E-state index in [4.69, 9.17) is 22.8 Å². The molecule has 4 nitrogen and oxygen atoms in total. The summed E-state index contributed by atoms with van der Waals surface area (Å²) in [6.07, 6.45) is 5.16. The third kappa shape index (κ3) is 3.05. The summed E-state index contributed by atoms with van der Waals surface area (Å²) in [6, 6.07) is 3.18. The van der Waals surface area contributed by atoms with Crippen molar-refractivity contribution in [1.29, 1.82) is 0 Å². The first-order valence-electron chi connectivity index (χ1n) is 4.91. The summed E-state index contributed by atoms with van der Waals surface area (Å²) in [4.78, 5) is 11.5. The number of halogens is 1. The summed E-state index contributed by atoms with van der Waals surface area (Å²) >= 11 is 6.00. The predicted molar refractivity (Wildman–Crippen MR) is 68.7 cm³/mol. The van der Waals surface area contributed by atoms with Gasteiger partial charge in [-0.05, 0) is 12.1 Å². The van der Waals surface area contributed by atoms with Gasteiger partial charge in [0.25, 0.3) is 5.91 Å². The highest BCUT2D eigenvalue weighted by Gasteiger charge is 2.13. The highest BCUT2D eigenvalue weighted by atomic mass is 35.5. The molecule has 0 atom stereocenters. The Morgan fingerprint density at radius 2 is 2.29 bits per heavy atom. The van der Waals surface area contributed by atoms with E-state index in [0.717, 1.165) is 0 Å². The van der Waals surface area contributed by atoms with Crippen LogP contribution < -0.4 is 15.4 Å². The molecule has 1 amide bonds. The zero-order chi connectivity index (χ0) is 12.8. The number of benzene rings is 1. The number of ether oxygens (including phenoxy) is 1. The minimum absolute atomic E-state index is 0.267. The summed E-state index contributed by atoms with van der Waals surface area (Å²) < 4.78 is 5.16. The Bertz CT molecular complexity index is 466. The Morgan fingerprint density at radius 1 is 1.59 bits per heavy atom. The highest BCUT2D eigenvalue weighted by molar-refractivity contribution is 6.34. The minimum atomic E-state index is -0.267. The Balaban J connectivity index is 3.15. The van der Waals surface area contributed by atoms with Gasteiger partial charge in [-0.1, -0.05) is 17.5 Å². The fourth-order valence-electron chi connectivity index (χ4n) is 1.32. The van der Waals surface area contributed by atoms with E-state index in [1.165, 1.54) is 14.2 Å². The lowest BCUT2D eigenvalue weighted by Crippen LogP contribution is -2.18. The fraction of sp³-hybridized carbons (Fsp3) is 0.250. The van der Waals surface area contributed by atoms with Crippen LogP contribution in [-0.4, -0.2) is 26.6 Å². The summed E-state index contributed by atoms with van der Waals surface area (Å²) in [6.45, 7) is 0.353. The number of anilines is 1. The molecule has 0 spiro atoms. The second kappa shape index (κ2) is 6.02. The number of terminal acetylenes is 1. The molecule has 0 saturated heterocycles. The second-order valence-corrected chi connectivity index (χ2v) is 3.58. The molecule has 1 aromatic carbocycles. The third-order valence-electron chi connectivity index (χ3n) is 2.14. The normalized spacial score (nSPS) is 9.29. The molecular formula is C12H13ClN2O2. The van der Waals surface area contributed by atoms with Crippen LogP contribution >= 0.6 is 11.6 Å². The quantitative estimate of drug-likeness (QED) is 0.803. The number of hydrogen-bond acceptors (Lipinski definition) is 3. The number of amides is 1. The lowest BCUT2D eigenvalue weighted by atomic mass is 10.1. The Hall–Kier alpha value is -1.86. The maximum Gasteiger partial charge on any atom is 0.252 e. The molecule has 2 N–H and O–H groups in total. The lowest BCUT2D eigenvalue weighted by Gasteiger charge is -2.12. The van der Waals surface area contributed by atoms with Gasteiger partial charge in [0.1, 0.15) is 5.75 Å². The number of hydrogen-bond donors (Lipinski definition) is 2.